The molecule has 0 saturated carbocycles. The maximum absolute atomic E-state index is 13.5. The first-order chi connectivity index (χ1) is 16.8. The normalized spacial score (nSPS) is 14.6. The predicted octanol–water partition coefficient (Wildman–Crippen LogP) is 5.60. The second-order valence-electron chi connectivity index (χ2n) is 9.09. The summed E-state index contributed by atoms with van der Waals surface area (Å²) < 4.78 is 15.1. The van der Waals surface area contributed by atoms with Crippen molar-refractivity contribution < 1.29 is 4.39 Å². The number of benzene rings is 1. The summed E-state index contributed by atoms with van der Waals surface area (Å²) in [7, 11) is 0. The number of aryl methyl sites for hydroxylation is 1. The highest BCUT2D eigenvalue weighted by molar-refractivity contribution is 7.99. The van der Waals surface area contributed by atoms with Gasteiger partial charge in [0.1, 0.15) is 18.0 Å². The molecule has 1 aliphatic heterocycles. The average molecular weight is 488 g/mol. The molecular formula is C26H26FN7S. The van der Waals surface area contributed by atoms with Crippen LogP contribution in [0, 0.1) is 35.4 Å². The molecule has 1 aromatic carbocycles. The standard InChI is InChI=1S/C19H11FN6S.C7H15N/c1-11-16(9-23-25-11)13-5-18(19-14(7-22)8-24-26(19)10-13)27-17-3-2-15(20)4-12(17)6-21;1-7(2)5-3-4-6-8-7/h2-5,8-10H,1H3,(H,23,25);8H,3-6H2,1-2H3. The van der Waals surface area contributed by atoms with E-state index in [1.165, 1.54) is 55.9 Å². The number of pyridine rings is 1. The van der Waals surface area contributed by atoms with E-state index in [-0.39, 0.29) is 5.56 Å². The molecule has 9 heteroatoms. The van der Waals surface area contributed by atoms with Gasteiger partial charge in [-0.05, 0) is 64.4 Å². The molecule has 1 saturated heterocycles. The minimum atomic E-state index is -0.467. The van der Waals surface area contributed by atoms with Gasteiger partial charge in [-0.2, -0.15) is 20.7 Å². The Bertz CT molecular complexity index is 1430. The Morgan fingerprint density at radius 2 is 1.89 bits per heavy atom. The number of nitriles is 2. The average Bonchev–Trinajstić information content (AvgIpc) is 3.46. The number of halogens is 1. The van der Waals surface area contributed by atoms with Gasteiger partial charge in [-0.15, -0.1) is 0 Å². The summed E-state index contributed by atoms with van der Waals surface area (Å²) in [5, 5.41) is 33.4. The number of rotatable bonds is 3. The molecule has 0 atom stereocenters. The summed E-state index contributed by atoms with van der Waals surface area (Å²) in [6.45, 7) is 7.67. The lowest BCUT2D eigenvalue weighted by Crippen LogP contribution is -2.42. The van der Waals surface area contributed by atoms with E-state index in [0.29, 0.717) is 21.5 Å². The van der Waals surface area contributed by atoms with Crippen LogP contribution in [-0.4, -0.2) is 31.9 Å². The Morgan fingerprint density at radius 1 is 1.09 bits per heavy atom. The fraction of sp³-hybridized carbons (Fsp3) is 0.308. The van der Waals surface area contributed by atoms with Crippen molar-refractivity contribution in [2.75, 3.05) is 6.54 Å². The van der Waals surface area contributed by atoms with E-state index in [4.69, 9.17) is 0 Å². The van der Waals surface area contributed by atoms with Crippen LogP contribution in [0.3, 0.4) is 0 Å². The van der Waals surface area contributed by atoms with Gasteiger partial charge >= 0.3 is 0 Å². The highest BCUT2D eigenvalue weighted by atomic mass is 32.2. The highest BCUT2D eigenvalue weighted by Crippen LogP contribution is 2.37. The lowest BCUT2D eigenvalue weighted by Gasteiger charge is -2.30. The van der Waals surface area contributed by atoms with Crippen molar-refractivity contribution in [1.82, 2.24) is 25.1 Å². The number of aromatic nitrogens is 4. The number of piperidine rings is 1. The third-order valence-electron chi connectivity index (χ3n) is 5.95. The number of hydrogen-bond donors (Lipinski definition) is 2. The quantitative estimate of drug-likeness (QED) is 0.389. The third-order valence-corrected chi connectivity index (χ3v) is 7.06. The molecule has 0 amide bonds. The van der Waals surface area contributed by atoms with Crippen LogP contribution in [0.5, 0.6) is 0 Å². The van der Waals surface area contributed by atoms with Gasteiger partial charge in [-0.3, -0.25) is 5.10 Å². The molecule has 0 unspecified atom stereocenters. The fourth-order valence-corrected chi connectivity index (χ4v) is 5.11. The summed E-state index contributed by atoms with van der Waals surface area (Å²) in [5.74, 6) is -0.467. The van der Waals surface area contributed by atoms with E-state index < -0.39 is 5.82 Å². The Hall–Kier alpha value is -3.66. The Morgan fingerprint density at radius 3 is 2.49 bits per heavy atom. The highest BCUT2D eigenvalue weighted by Gasteiger charge is 2.19. The van der Waals surface area contributed by atoms with Gasteiger partial charge in [0.25, 0.3) is 0 Å². The largest absolute Gasteiger partial charge is 0.312 e. The Labute approximate surface area is 208 Å². The van der Waals surface area contributed by atoms with Crippen molar-refractivity contribution in [3.05, 3.63) is 65.5 Å². The van der Waals surface area contributed by atoms with Crippen LogP contribution in [0.25, 0.3) is 16.6 Å². The minimum Gasteiger partial charge on any atom is -0.312 e. The molecule has 0 radical (unpaired) electrons. The predicted molar refractivity (Wildman–Crippen MR) is 133 cm³/mol. The minimum absolute atomic E-state index is 0.237. The summed E-state index contributed by atoms with van der Waals surface area (Å²) in [5.41, 5.74) is 4.41. The first-order valence-corrected chi connectivity index (χ1v) is 12.2. The number of nitrogens with one attached hydrogen (secondary N) is 2. The van der Waals surface area contributed by atoms with Gasteiger partial charge in [0.2, 0.25) is 0 Å². The topological polar surface area (TPSA) is 106 Å². The van der Waals surface area contributed by atoms with Crippen LogP contribution in [0.2, 0.25) is 0 Å². The molecule has 178 valence electrons. The van der Waals surface area contributed by atoms with Gasteiger partial charge in [-0.25, -0.2) is 8.91 Å². The molecule has 0 spiro atoms. The summed E-state index contributed by atoms with van der Waals surface area (Å²) in [6, 6.07) is 10.1. The lowest BCUT2D eigenvalue weighted by atomic mass is 9.93. The number of nitrogens with zero attached hydrogens (tertiary/aromatic N) is 5. The van der Waals surface area contributed by atoms with E-state index in [0.717, 1.165) is 21.7 Å². The zero-order valence-electron chi connectivity index (χ0n) is 19.9. The van der Waals surface area contributed by atoms with Crippen LogP contribution < -0.4 is 5.32 Å². The van der Waals surface area contributed by atoms with E-state index in [1.807, 2.05) is 25.3 Å². The molecule has 2 N–H and O–H groups in total. The maximum atomic E-state index is 13.5. The van der Waals surface area contributed by atoms with Crippen molar-refractivity contribution in [2.45, 2.75) is 55.4 Å². The number of hydrogen-bond acceptors (Lipinski definition) is 6. The monoisotopic (exact) mass is 487 g/mol. The maximum Gasteiger partial charge on any atom is 0.124 e. The second-order valence-corrected chi connectivity index (χ2v) is 10.2. The van der Waals surface area contributed by atoms with Gasteiger partial charge < -0.3 is 5.32 Å². The molecular weight excluding hydrogens is 461 g/mol. The number of H-pyrrole nitrogens is 1. The molecule has 0 aliphatic carbocycles. The van der Waals surface area contributed by atoms with Crippen molar-refractivity contribution in [2.24, 2.45) is 0 Å². The zero-order valence-corrected chi connectivity index (χ0v) is 20.7. The van der Waals surface area contributed by atoms with Crippen LogP contribution in [0.4, 0.5) is 4.39 Å². The first kappa shape index (κ1) is 24.5. The van der Waals surface area contributed by atoms with E-state index >= 15 is 0 Å². The number of fused-ring (bicyclic) bond motifs is 1. The van der Waals surface area contributed by atoms with Gasteiger partial charge in [0.15, 0.2) is 0 Å². The van der Waals surface area contributed by atoms with Crippen LogP contribution in [-0.2, 0) is 0 Å². The van der Waals surface area contributed by atoms with Crippen LogP contribution >= 0.6 is 11.8 Å². The van der Waals surface area contributed by atoms with Crippen molar-refractivity contribution in [3.8, 4) is 23.3 Å². The van der Waals surface area contributed by atoms with Gasteiger partial charge in [-0.1, -0.05) is 18.2 Å². The summed E-state index contributed by atoms with van der Waals surface area (Å²) in [4.78, 5) is 1.34. The molecule has 3 aromatic heterocycles. The Kier molecular flexibility index (Phi) is 7.20. The first-order valence-electron chi connectivity index (χ1n) is 11.4. The van der Waals surface area contributed by atoms with Crippen LogP contribution in [0.1, 0.15) is 49.9 Å². The molecule has 4 heterocycles. The molecule has 4 aromatic rings. The lowest BCUT2D eigenvalue weighted by molar-refractivity contribution is 0.304. The van der Waals surface area contributed by atoms with Crippen molar-refractivity contribution in [3.63, 3.8) is 0 Å². The van der Waals surface area contributed by atoms with Crippen molar-refractivity contribution in [1.29, 1.82) is 10.5 Å². The summed E-state index contributed by atoms with van der Waals surface area (Å²) in [6.07, 6.45) is 9.16. The van der Waals surface area contributed by atoms with E-state index in [9.17, 15) is 14.9 Å². The summed E-state index contributed by atoms with van der Waals surface area (Å²) >= 11 is 1.30. The van der Waals surface area contributed by atoms with E-state index in [1.54, 1.807) is 16.8 Å². The fourth-order valence-electron chi connectivity index (χ4n) is 4.04. The third kappa shape index (κ3) is 5.54. The van der Waals surface area contributed by atoms with Crippen LogP contribution in [0.15, 0.2) is 52.6 Å². The molecule has 1 fully saturated rings. The van der Waals surface area contributed by atoms with Gasteiger partial charge in [0.05, 0.1) is 29.0 Å². The molecule has 1 aliphatic rings. The molecule has 0 bridgehead atoms. The second kappa shape index (κ2) is 10.3. The van der Waals surface area contributed by atoms with Crippen molar-refractivity contribution >= 4 is 17.3 Å². The molecule has 7 nitrogen and oxygen atoms in total. The molecule has 35 heavy (non-hydrogen) atoms. The smallest absolute Gasteiger partial charge is 0.124 e. The Balaban J connectivity index is 0.000000308. The number of aromatic amines is 1. The zero-order chi connectivity index (χ0) is 25.0. The van der Waals surface area contributed by atoms with Gasteiger partial charge in [0, 0.05) is 38.3 Å². The SMILES string of the molecule is CC1(C)CCCCN1.Cc1[nH]ncc1-c1cc(Sc2ccc(F)cc2C#N)c2c(C#N)cnn2c1. The molecule has 5 rings (SSSR count). The van der Waals surface area contributed by atoms with E-state index in [2.05, 4.69) is 40.5 Å².